The van der Waals surface area contributed by atoms with E-state index in [2.05, 4.69) is 36.3 Å². The van der Waals surface area contributed by atoms with Crippen molar-refractivity contribution in [3.63, 3.8) is 0 Å². The van der Waals surface area contributed by atoms with Gasteiger partial charge in [0.15, 0.2) is 5.82 Å². The Morgan fingerprint density at radius 2 is 1.81 bits per heavy atom. The Kier molecular flexibility index (Phi) is 5.81. The zero-order chi connectivity index (χ0) is 22.0. The summed E-state index contributed by atoms with van der Waals surface area (Å²) in [6, 6.07) is 16.0. The number of aryl methyl sites for hydroxylation is 1. The van der Waals surface area contributed by atoms with Crippen LogP contribution in [0.25, 0.3) is 5.82 Å². The number of aromatic nitrogens is 4. The molecule has 0 atom stereocenters. The molecule has 0 saturated carbocycles. The highest BCUT2D eigenvalue weighted by atomic mass is 79.9. The minimum atomic E-state index is -0.185. The van der Waals surface area contributed by atoms with Crippen LogP contribution in [-0.2, 0) is 0 Å². The first-order chi connectivity index (χ1) is 14.9. The number of nitrogens with zero attached hydrogens (tertiary/aromatic N) is 4. The van der Waals surface area contributed by atoms with Gasteiger partial charge in [-0.1, -0.05) is 22.0 Å². The lowest BCUT2D eigenvalue weighted by Gasteiger charge is -2.09. The van der Waals surface area contributed by atoms with Crippen molar-refractivity contribution < 1.29 is 9.53 Å². The number of halogens is 1. The third-order valence-electron chi connectivity index (χ3n) is 4.92. The molecule has 156 valence electrons. The summed E-state index contributed by atoms with van der Waals surface area (Å²) in [5.41, 5.74) is 4.34. The molecule has 7 nitrogen and oxygen atoms in total. The molecule has 0 aliphatic carbocycles. The Labute approximate surface area is 188 Å². The summed E-state index contributed by atoms with van der Waals surface area (Å²) in [5.74, 6) is 1.45. The van der Waals surface area contributed by atoms with Gasteiger partial charge in [-0.25, -0.2) is 14.6 Å². The largest absolute Gasteiger partial charge is 0.439 e. The maximum absolute atomic E-state index is 12.4. The van der Waals surface area contributed by atoms with Crippen LogP contribution in [0.3, 0.4) is 0 Å². The first kappa shape index (κ1) is 20.7. The second-order valence-electron chi connectivity index (χ2n) is 7.01. The van der Waals surface area contributed by atoms with Gasteiger partial charge in [0.05, 0.1) is 5.69 Å². The average molecular weight is 478 g/mol. The molecule has 0 aliphatic rings. The molecule has 0 bridgehead atoms. The molecular formula is C23H20BrN5O2. The van der Waals surface area contributed by atoms with E-state index in [9.17, 15) is 4.79 Å². The van der Waals surface area contributed by atoms with E-state index >= 15 is 0 Å². The molecule has 0 fully saturated rings. The second kappa shape index (κ2) is 8.69. The fourth-order valence-corrected chi connectivity index (χ4v) is 3.40. The molecule has 31 heavy (non-hydrogen) atoms. The number of benzene rings is 2. The number of rotatable bonds is 5. The lowest BCUT2D eigenvalue weighted by molar-refractivity contribution is 0.102. The number of hydrogen-bond donors (Lipinski definition) is 1. The van der Waals surface area contributed by atoms with E-state index in [0.29, 0.717) is 28.7 Å². The molecule has 4 aromatic rings. The molecular weight excluding hydrogens is 458 g/mol. The molecule has 0 radical (unpaired) electrons. The van der Waals surface area contributed by atoms with Gasteiger partial charge in [0.1, 0.15) is 12.1 Å². The summed E-state index contributed by atoms with van der Waals surface area (Å²) in [6.07, 6.45) is 1.45. The number of ether oxygens (including phenoxy) is 1. The van der Waals surface area contributed by atoms with Crippen molar-refractivity contribution in [1.82, 2.24) is 19.7 Å². The Morgan fingerprint density at radius 1 is 1.03 bits per heavy atom. The molecule has 2 aromatic carbocycles. The molecule has 2 aromatic heterocycles. The predicted molar refractivity (Wildman–Crippen MR) is 122 cm³/mol. The van der Waals surface area contributed by atoms with Gasteiger partial charge in [0, 0.05) is 27.5 Å². The zero-order valence-corrected chi connectivity index (χ0v) is 18.8. The van der Waals surface area contributed by atoms with Crippen molar-refractivity contribution in [2.24, 2.45) is 0 Å². The second-order valence-corrected chi connectivity index (χ2v) is 7.93. The molecule has 8 heteroatoms. The average Bonchev–Trinajstić information content (AvgIpc) is 3.02. The Hall–Kier alpha value is -3.52. The van der Waals surface area contributed by atoms with Crippen LogP contribution in [0.4, 0.5) is 5.69 Å². The first-order valence-corrected chi connectivity index (χ1v) is 10.4. The lowest BCUT2D eigenvalue weighted by atomic mass is 10.2. The predicted octanol–water partition coefficient (Wildman–Crippen LogP) is 5.39. The van der Waals surface area contributed by atoms with Gasteiger partial charge in [-0.05, 0) is 68.8 Å². The minimum absolute atomic E-state index is 0.185. The lowest BCUT2D eigenvalue weighted by Crippen LogP contribution is -2.11. The van der Waals surface area contributed by atoms with E-state index in [1.807, 2.05) is 32.9 Å². The molecule has 0 unspecified atom stereocenters. The highest BCUT2D eigenvalue weighted by Gasteiger charge is 2.12. The Balaban J connectivity index is 1.47. The quantitative estimate of drug-likeness (QED) is 0.416. The summed E-state index contributed by atoms with van der Waals surface area (Å²) in [7, 11) is 0. The summed E-state index contributed by atoms with van der Waals surface area (Å²) in [5, 5.41) is 7.39. The molecule has 0 saturated heterocycles. The summed E-state index contributed by atoms with van der Waals surface area (Å²) in [6.45, 7) is 6.00. The highest BCUT2D eigenvalue weighted by Crippen LogP contribution is 2.24. The van der Waals surface area contributed by atoms with Gasteiger partial charge in [0.2, 0.25) is 5.88 Å². The number of carbonyl (C=O) groups is 1. The van der Waals surface area contributed by atoms with Gasteiger partial charge in [-0.3, -0.25) is 4.79 Å². The van der Waals surface area contributed by atoms with Crippen molar-refractivity contribution in [3.8, 4) is 17.4 Å². The van der Waals surface area contributed by atoms with Gasteiger partial charge >= 0.3 is 0 Å². The molecule has 0 aliphatic heterocycles. The van der Waals surface area contributed by atoms with E-state index in [0.717, 1.165) is 21.4 Å². The summed E-state index contributed by atoms with van der Waals surface area (Å²) >= 11 is 3.37. The van der Waals surface area contributed by atoms with Crippen LogP contribution >= 0.6 is 15.9 Å². The van der Waals surface area contributed by atoms with E-state index in [1.54, 1.807) is 47.1 Å². The standard InChI is InChI=1S/C23H20BrN5O2/c1-14-15(2)28-29(16(14)3)21-12-22(26-13-25-21)31-20-9-7-19(8-10-20)27-23(30)17-5-4-6-18(24)11-17/h4-13H,1-3H3,(H,27,30). The van der Waals surface area contributed by atoms with Crippen LogP contribution in [-0.4, -0.2) is 25.7 Å². The summed E-state index contributed by atoms with van der Waals surface area (Å²) < 4.78 is 8.49. The number of carbonyl (C=O) groups excluding carboxylic acids is 1. The van der Waals surface area contributed by atoms with Crippen molar-refractivity contribution in [2.75, 3.05) is 5.32 Å². The third kappa shape index (κ3) is 4.64. The maximum Gasteiger partial charge on any atom is 0.255 e. The number of anilines is 1. The van der Waals surface area contributed by atoms with Crippen molar-refractivity contribution in [2.45, 2.75) is 20.8 Å². The molecule has 0 spiro atoms. The molecule has 1 amide bonds. The molecule has 2 heterocycles. The Bertz CT molecular complexity index is 1250. The third-order valence-corrected chi connectivity index (χ3v) is 5.41. The monoisotopic (exact) mass is 477 g/mol. The minimum Gasteiger partial charge on any atom is -0.439 e. The zero-order valence-electron chi connectivity index (χ0n) is 17.3. The van der Waals surface area contributed by atoms with Crippen molar-refractivity contribution >= 4 is 27.5 Å². The first-order valence-electron chi connectivity index (χ1n) is 9.61. The summed E-state index contributed by atoms with van der Waals surface area (Å²) in [4.78, 5) is 20.9. The maximum atomic E-state index is 12.4. The van der Waals surface area contributed by atoms with Crippen LogP contribution < -0.4 is 10.1 Å². The van der Waals surface area contributed by atoms with Crippen molar-refractivity contribution in [1.29, 1.82) is 0 Å². The van der Waals surface area contributed by atoms with E-state index in [1.165, 1.54) is 6.33 Å². The van der Waals surface area contributed by atoms with E-state index in [-0.39, 0.29) is 5.91 Å². The van der Waals surface area contributed by atoms with Gasteiger partial charge < -0.3 is 10.1 Å². The van der Waals surface area contributed by atoms with E-state index in [4.69, 9.17) is 4.74 Å². The van der Waals surface area contributed by atoms with Gasteiger partial charge in [-0.2, -0.15) is 5.10 Å². The van der Waals surface area contributed by atoms with Crippen LogP contribution in [0.5, 0.6) is 11.6 Å². The normalized spacial score (nSPS) is 10.7. The van der Waals surface area contributed by atoms with Gasteiger partial charge in [0.25, 0.3) is 5.91 Å². The number of hydrogen-bond acceptors (Lipinski definition) is 5. The van der Waals surface area contributed by atoms with Gasteiger partial charge in [-0.15, -0.1) is 0 Å². The van der Waals surface area contributed by atoms with Crippen molar-refractivity contribution in [3.05, 3.63) is 87.9 Å². The Morgan fingerprint density at radius 3 is 2.48 bits per heavy atom. The fourth-order valence-electron chi connectivity index (χ4n) is 3.01. The van der Waals surface area contributed by atoms with E-state index < -0.39 is 0 Å². The molecule has 4 rings (SSSR count). The fraction of sp³-hybridized carbons (Fsp3) is 0.130. The SMILES string of the molecule is Cc1nn(-c2cc(Oc3ccc(NC(=O)c4cccc(Br)c4)cc3)ncn2)c(C)c1C. The highest BCUT2D eigenvalue weighted by molar-refractivity contribution is 9.10. The smallest absolute Gasteiger partial charge is 0.255 e. The topological polar surface area (TPSA) is 81.9 Å². The van der Waals surface area contributed by atoms with Crippen LogP contribution in [0, 0.1) is 20.8 Å². The number of nitrogens with one attached hydrogen (secondary N) is 1. The number of amides is 1. The van der Waals surface area contributed by atoms with Crippen LogP contribution in [0.15, 0.2) is 65.4 Å². The van der Waals surface area contributed by atoms with Crippen LogP contribution in [0.1, 0.15) is 27.3 Å². The van der Waals surface area contributed by atoms with Crippen LogP contribution in [0.2, 0.25) is 0 Å². The molecule has 1 N–H and O–H groups in total.